The van der Waals surface area contributed by atoms with Crippen molar-refractivity contribution in [3.8, 4) is 17.3 Å². The minimum Gasteiger partial charge on any atom is -0.493 e. The zero-order chi connectivity index (χ0) is 16.1. The quantitative estimate of drug-likeness (QED) is 0.662. The smallest absolute Gasteiger partial charge is 0.239 e. The third-order valence-electron chi connectivity index (χ3n) is 3.09. The summed E-state index contributed by atoms with van der Waals surface area (Å²) in [5.74, 6) is 2.57. The van der Waals surface area contributed by atoms with Crippen LogP contribution in [0, 0.1) is 6.92 Å². The molecule has 3 aromatic rings. The van der Waals surface area contributed by atoms with Crippen LogP contribution in [0.4, 0.5) is 0 Å². The molecule has 0 unspecified atom stereocenters. The highest BCUT2D eigenvalue weighted by molar-refractivity contribution is 7.84. The molecular formula is C16H16N2O4S. The van der Waals surface area contributed by atoms with Gasteiger partial charge < -0.3 is 13.7 Å². The maximum Gasteiger partial charge on any atom is 0.239 e. The number of rotatable bonds is 7. The minimum atomic E-state index is -1.13. The molecule has 0 saturated heterocycles. The SMILES string of the molecule is Cc1ccc(OCC[S@](=O)Cc2nc(-c3ccco3)no2)cc1. The number of aryl methyl sites for hydroxylation is 1. The number of ether oxygens (including phenoxy) is 1. The van der Waals surface area contributed by atoms with Gasteiger partial charge >= 0.3 is 0 Å². The zero-order valence-electron chi connectivity index (χ0n) is 12.6. The van der Waals surface area contributed by atoms with E-state index in [1.807, 2.05) is 31.2 Å². The molecule has 0 aliphatic carbocycles. The van der Waals surface area contributed by atoms with Gasteiger partial charge in [0.25, 0.3) is 0 Å². The van der Waals surface area contributed by atoms with Gasteiger partial charge in [-0.1, -0.05) is 22.9 Å². The van der Waals surface area contributed by atoms with E-state index in [0.717, 1.165) is 5.75 Å². The molecule has 0 aliphatic heterocycles. The molecule has 0 aliphatic rings. The molecule has 120 valence electrons. The lowest BCUT2D eigenvalue weighted by molar-refractivity contribution is 0.342. The maximum absolute atomic E-state index is 12.0. The topological polar surface area (TPSA) is 78.4 Å². The first kappa shape index (κ1) is 15.5. The van der Waals surface area contributed by atoms with Crippen LogP contribution in [0.3, 0.4) is 0 Å². The van der Waals surface area contributed by atoms with Crippen LogP contribution in [-0.2, 0) is 16.6 Å². The van der Waals surface area contributed by atoms with E-state index in [1.165, 1.54) is 11.8 Å². The largest absolute Gasteiger partial charge is 0.493 e. The Labute approximate surface area is 135 Å². The van der Waals surface area contributed by atoms with Crippen LogP contribution in [0.2, 0.25) is 0 Å². The molecular weight excluding hydrogens is 316 g/mol. The summed E-state index contributed by atoms with van der Waals surface area (Å²) in [6.45, 7) is 2.38. The van der Waals surface area contributed by atoms with Crippen molar-refractivity contribution in [2.24, 2.45) is 0 Å². The Morgan fingerprint density at radius 3 is 2.78 bits per heavy atom. The molecule has 0 bridgehead atoms. The molecule has 0 radical (unpaired) electrons. The molecule has 2 aromatic heterocycles. The van der Waals surface area contributed by atoms with E-state index in [1.54, 1.807) is 12.1 Å². The number of hydrogen-bond acceptors (Lipinski definition) is 6. The van der Waals surface area contributed by atoms with Crippen LogP contribution >= 0.6 is 0 Å². The zero-order valence-corrected chi connectivity index (χ0v) is 13.4. The molecule has 3 rings (SSSR count). The number of nitrogens with zero attached hydrogens (tertiary/aromatic N) is 2. The van der Waals surface area contributed by atoms with Crippen molar-refractivity contribution in [2.75, 3.05) is 12.4 Å². The second-order valence-electron chi connectivity index (χ2n) is 4.94. The van der Waals surface area contributed by atoms with Crippen LogP contribution in [0.15, 0.2) is 51.6 Å². The van der Waals surface area contributed by atoms with Gasteiger partial charge in [-0.05, 0) is 31.2 Å². The number of hydrogen-bond donors (Lipinski definition) is 0. The van der Waals surface area contributed by atoms with E-state index in [-0.39, 0.29) is 5.75 Å². The summed E-state index contributed by atoms with van der Waals surface area (Å²) in [6.07, 6.45) is 1.53. The van der Waals surface area contributed by atoms with Crippen LogP contribution in [0.25, 0.3) is 11.6 Å². The predicted molar refractivity (Wildman–Crippen MR) is 85.4 cm³/mol. The van der Waals surface area contributed by atoms with Crippen LogP contribution in [-0.4, -0.2) is 26.7 Å². The van der Waals surface area contributed by atoms with Gasteiger partial charge in [0.05, 0.1) is 18.6 Å². The molecule has 1 aromatic carbocycles. The third kappa shape index (κ3) is 4.29. The van der Waals surface area contributed by atoms with Gasteiger partial charge in [-0.15, -0.1) is 0 Å². The van der Waals surface area contributed by atoms with E-state index < -0.39 is 10.8 Å². The van der Waals surface area contributed by atoms with Gasteiger partial charge in [0, 0.05) is 10.8 Å². The molecule has 6 nitrogen and oxygen atoms in total. The van der Waals surface area contributed by atoms with Crippen molar-refractivity contribution in [3.63, 3.8) is 0 Å². The maximum atomic E-state index is 12.0. The summed E-state index contributed by atoms with van der Waals surface area (Å²) in [4.78, 5) is 4.16. The normalized spacial score (nSPS) is 12.2. The molecule has 7 heteroatoms. The summed E-state index contributed by atoms with van der Waals surface area (Å²) < 4.78 is 27.9. The first-order valence-corrected chi connectivity index (χ1v) is 8.60. The van der Waals surface area contributed by atoms with Crippen molar-refractivity contribution < 1.29 is 17.9 Å². The van der Waals surface area contributed by atoms with Gasteiger partial charge in [0.2, 0.25) is 11.7 Å². The molecule has 0 saturated carbocycles. The van der Waals surface area contributed by atoms with Gasteiger partial charge in [-0.25, -0.2) is 0 Å². The predicted octanol–water partition coefficient (Wildman–Crippen LogP) is 2.97. The van der Waals surface area contributed by atoms with E-state index in [0.29, 0.717) is 29.8 Å². The van der Waals surface area contributed by atoms with E-state index in [2.05, 4.69) is 10.1 Å². The molecule has 0 spiro atoms. The van der Waals surface area contributed by atoms with Gasteiger partial charge in [-0.2, -0.15) is 4.98 Å². The lowest BCUT2D eigenvalue weighted by Gasteiger charge is -2.05. The highest BCUT2D eigenvalue weighted by Crippen LogP contribution is 2.16. The molecule has 0 amide bonds. The average Bonchev–Trinajstić information content (AvgIpc) is 3.20. The Morgan fingerprint density at radius 2 is 2.04 bits per heavy atom. The molecule has 23 heavy (non-hydrogen) atoms. The fourth-order valence-electron chi connectivity index (χ4n) is 1.92. The average molecular weight is 332 g/mol. The lowest BCUT2D eigenvalue weighted by Crippen LogP contribution is -2.10. The summed E-state index contributed by atoms with van der Waals surface area (Å²) in [7, 11) is -1.13. The van der Waals surface area contributed by atoms with Crippen LogP contribution < -0.4 is 4.74 Å². The monoisotopic (exact) mass is 332 g/mol. The molecule has 0 N–H and O–H groups in total. The number of aromatic nitrogens is 2. The van der Waals surface area contributed by atoms with Crippen molar-refractivity contribution in [1.29, 1.82) is 0 Å². The summed E-state index contributed by atoms with van der Waals surface area (Å²) in [5, 5.41) is 3.80. The fraction of sp³-hybridized carbons (Fsp3) is 0.250. The third-order valence-corrected chi connectivity index (χ3v) is 4.29. The lowest BCUT2D eigenvalue weighted by atomic mass is 10.2. The van der Waals surface area contributed by atoms with Crippen molar-refractivity contribution in [3.05, 3.63) is 54.1 Å². The first-order valence-electron chi connectivity index (χ1n) is 7.11. The molecule has 0 fully saturated rings. The van der Waals surface area contributed by atoms with E-state index >= 15 is 0 Å². The summed E-state index contributed by atoms with van der Waals surface area (Å²) in [5.41, 5.74) is 1.17. The second kappa shape index (κ2) is 7.23. The minimum absolute atomic E-state index is 0.199. The van der Waals surface area contributed by atoms with Crippen molar-refractivity contribution >= 4 is 10.8 Å². The van der Waals surface area contributed by atoms with Gasteiger partial charge in [0.1, 0.15) is 11.5 Å². The Morgan fingerprint density at radius 1 is 1.22 bits per heavy atom. The van der Waals surface area contributed by atoms with Crippen molar-refractivity contribution in [2.45, 2.75) is 12.7 Å². The highest BCUT2D eigenvalue weighted by Gasteiger charge is 2.13. The summed E-state index contributed by atoms with van der Waals surface area (Å²) in [6, 6.07) is 11.2. The van der Waals surface area contributed by atoms with Crippen molar-refractivity contribution in [1.82, 2.24) is 10.1 Å². The Kier molecular flexibility index (Phi) is 4.87. The van der Waals surface area contributed by atoms with E-state index in [9.17, 15) is 4.21 Å². The number of furan rings is 1. The standard InChI is InChI=1S/C16H16N2O4S/c1-12-4-6-13(7-5-12)20-9-10-23(19)11-15-17-16(18-22-15)14-3-2-8-21-14/h2-8H,9-11H2,1H3/t23-/m0/s1. The Bertz CT molecular complexity index is 766. The Balaban J connectivity index is 1.47. The highest BCUT2D eigenvalue weighted by atomic mass is 32.2. The second-order valence-corrected chi connectivity index (χ2v) is 6.52. The van der Waals surface area contributed by atoms with Gasteiger partial charge in [0.15, 0.2) is 5.76 Å². The van der Waals surface area contributed by atoms with Crippen LogP contribution in [0.5, 0.6) is 5.75 Å². The summed E-state index contributed by atoms with van der Waals surface area (Å²) >= 11 is 0. The fourth-order valence-corrected chi connectivity index (χ4v) is 2.72. The van der Waals surface area contributed by atoms with Crippen LogP contribution in [0.1, 0.15) is 11.5 Å². The first-order chi connectivity index (χ1) is 11.2. The van der Waals surface area contributed by atoms with E-state index in [4.69, 9.17) is 13.7 Å². The molecule has 1 atom stereocenters. The molecule has 2 heterocycles. The van der Waals surface area contributed by atoms with Gasteiger partial charge in [-0.3, -0.25) is 4.21 Å². The Hall–Kier alpha value is -2.41. The number of benzene rings is 1.